The van der Waals surface area contributed by atoms with Crippen LogP contribution in [0.5, 0.6) is 0 Å². The van der Waals surface area contributed by atoms with E-state index >= 15 is 0 Å². The number of hydrogen-bond acceptors (Lipinski definition) is 5. The summed E-state index contributed by atoms with van der Waals surface area (Å²) in [5, 5.41) is 4.91. The molecule has 11 heteroatoms. The third kappa shape index (κ3) is 6.91. The van der Waals surface area contributed by atoms with Crippen molar-refractivity contribution >= 4 is 33.5 Å². The van der Waals surface area contributed by atoms with Gasteiger partial charge in [-0.3, -0.25) is 0 Å². The number of anilines is 1. The van der Waals surface area contributed by atoms with Crippen LogP contribution >= 0.6 is 11.8 Å². The summed E-state index contributed by atoms with van der Waals surface area (Å²) in [5.74, 6) is -2.87. The van der Waals surface area contributed by atoms with Gasteiger partial charge in [0.2, 0.25) is 10.0 Å². The SMILES string of the molecule is CC1CN(S(=O)(=O)CCNC(=O)Nc2ccccc2SC(F)F)CC(C)O1. The average molecular weight is 424 g/mol. The molecule has 2 amide bonds. The van der Waals surface area contributed by atoms with Gasteiger partial charge in [0.15, 0.2) is 0 Å². The van der Waals surface area contributed by atoms with Crippen LogP contribution in [0.4, 0.5) is 19.3 Å². The largest absolute Gasteiger partial charge is 0.373 e. The number of amides is 2. The highest BCUT2D eigenvalue weighted by atomic mass is 32.2. The summed E-state index contributed by atoms with van der Waals surface area (Å²) in [6.07, 6.45) is -0.382. The number of thioether (sulfide) groups is 1. The van der Waals surface area contributed by atoms with Crippen molar-refractivity contribution < 1.29 is 26.7 Å². The van der Waals surface area contributed by atoms with E-state index in [1.165, 1.54) is 16.4 Å². The number of carbonyl (C=O) groups excluding carboxylic acids is 1. The number of halogens is 2. The number of morpholine rings is 1. The normalized spacial score (nSPS) is 21.2. The van der Waals surface area contributed by atoms with Crippen LogP contribution in [-0.4, -0.2) is 62.1 Å². The van der Waals surface area contributed by atoms with E-state index in [9.17, 15) is 22.0 Å². The molecule has 0 radical (unpaired) electrons. The van der Waals surface area contributed by atoms with Gasteiger partial charge in [-0.25, -0.2) is 13.2 Å². The Morgan fingerprint density at radius 3 is 2.56 bits per heavy atom. The molecule has 7 nitrogen and oxygen atoms in total. The van der Waals surface area contributed by atoms with E-state index in [0.717, 1.165) is 0 Å². The maximum atomic E-state index is 12.6. The molecule has 1 aromatic carbocycles. The minimum atomic E-state index is -3.53. The van der Waals surface area contributed by atoms with Crippen molar-refractivity contribution in [3.05, 3.63) is 24.3 Å². The first-order chi connectivity index (χ1) is 12.7. The molecule has 1 fully saturated rings. The topological polar surface area (TPSA) is 87.7 Å². The van der Waals surface area contributed by atoms with Gasteiger partial charge >= 0.3 is 6.03 Å². The Morgan fingerprint density at radius 1 is 1.30 bits per heavy atom. The molecule has 1 aliphatic heterocycles. The first-order valence-corrected chi connectivity index (χ1v) is 10.9. The molecular weight excluding hydrogens is 400 g/mol. The van der Waals surface area contributed by atoms with E-state index in [1.807, 2.05) is 0 Å². The number of alkyl halides is 2. The number of hydrogen-bond donors (Lipinski definition) is 2. The summed E-state index contributed by atoms with van der Waals surface area (Å²) in [4.78, 5) is 12.2. The third-order valence-electron chi connectivity index (χ3n) is 3.78. The fraction of sp³-hybridized carbons (Fsp3) is 0.562. The van der Waals surface area contributed by atoms with Gasteiger partial charge in [-0.05, 0) is 26.0 Å². The zero-order valence-corrected chi connectivity index (χ0v) is 16.7. The molecule has 0 aromatic heterocycles. The van der Waals surface area contributed by atoms with Crippen molar-refractivity contribution in [3.63, 3.8) is 0 Å². The van der Waals surface area contributed by atoms with Gasteiger partial charge in [0.25, 0.3) is 5.76 Å². The quantitative estimate of drug-likeness (QED) is 0.658. The predicted octanol–water partition coefficient (Wildman–Crippen LogP) is 2.56. The fourth-order valence-electron chi connectivity index (χ4n) is 2.72. The van der Waals surface area contributed by atoms with Crippen molar-refractivity contribution in [1.82, 2.24) is 9.62 Å². The molecule has 1 aromatic rings. The molecule has 0 bridgehead atoms. The van der Waals surface area contributed by atoms with Crippen molar-refractivity contribution in [2.24, 2.45) is 0 Å². The molecule has 0 aliphatic carbocycles. The summed E-state index contributed by atoms with van der Waals surface area (Å²) in [6.45, 7) is 4.06. The average Bonchev–Trinajstić information content (AvgIpc) is 2.55. The highest BCUT2D eigenvalue weighted by molar-refractivity contribution is 7.99. The van der Waals surface area contributed by atoms with Gasteiger partial charge in [-0.1, -0.05) is 23.9 Å². The van der Waals surface area contributed by atoms with E-state index in [4.69, 9.17) is 4.74 Å². The Morgan fingerprint density at radius 2 is 1.93 bits per heavy atom. The van der Waals surface area contributed by atoms with Crippen molar-refractivity contribution in [1.29, 1.82) is 0 Å². The van der Waals surface area contributed by atoms with E-state index in [2.05, 4.69) is 10.6 Å². The Kier molecular flexibility index (Phi) is 7.83. The summed E-state index contributed by atoms with van der Waals surface area (Å²) in [7, 11) is -3.53. The lowest BCUT2D eigenvalue weighted by atomic mass is 10.3. The lowest BCUT2D eigenvalue weighted by molar-refractivity contribution is -0.0440. The number of nitrogens with one attached hydrogen (secondary N) is 2. The summed E-state index contributed by atoms with van der Waals surface area (Å²) >= 11 is 0.324. The number of urea groups is 1. The number of para-hydroxylation sites is 1. The van der Waals surface area contributed by atoms with Crippen LogP contribution in [-0.2, 0) is 14.8 Å². The molecule has 2 rings (SSSR count). The second-order valence-corrected chi connectivity index (χ2v) is 9.27. The number of sulfonamides is 1. The van der Waals surface area contributed by atoms with Crippen LogP contribution in [0, 0.1) is 0 Å². The number of rotatable bonds is 7. The van der Waals surface area contributed by atoms with Crippen LogP contribution in [0.1, 0.15) is 13.8 Å². The maximum absolute atomic E-state index is 12.6. The molecule has 2 N–H and O–H groups in total. The fourth-order valence-corrected chi connectivity index (χ4v) is 4.80. The Labute approximate surface area is 161 Å². The highest BCUT2D eigenvalue weighted by Gasteiger charge is 2.30. The van der Waals surface area contributed by atoms with Crippen LogP contribution in [0.25, 0.3) is 0 Å². The number of nitrogens with zero attached hydrogens (tertiary/aromatic N) is 1. The summed E-state index contributed by atoms with van der Waals surface area (Å²) in [5.41, 5.74) is 0.235. The van der Waals surface area contributed by atoms with Crippen molar-refractivity contribution in [3.8, 4) is 0 Å². The third-order valence-corrected chi connectivity index (χ3v) is 6.37. The predicted molar refractivity (Wildman–Crippen MR) is 101 cm³/mol. The number of benzene rings is 1. The maximum Gasteiger partial charge on any atom is 0.319 e. The summed E-state index contributed by atoms with van der Waals surface area (Å²) < 4.78 is 56.8. The van der Waals surface area contributed by atoms with Crippen LogP contribution < -0.4 is 10.6 Å². The van der Waals surface area contributed by atoms with Crippen molar-refractivity contribution in [2.45, 2.75) is 36.7 Å². The van der Waals surface area contributed by atoms with Crippen LogP contribution in [0.3, 0.4) is 0 Å². The first-order valence-electron chi connectivity index (χ1n) is 8.39. The number of carbonyl (C=O) groups is 1. The Hall–Kier alpha value is -1.43. The molecule has 0 saturated carbocycles. The van der Waals surface area contributed by atoms with Crippen molar-refractivity contribution in [2.75, 3.05) is 30.7 Å². The molecular formula is C16H23F2N3O4S2. The molecule has 2 unspecified atom stereocenters. The van der Waals surface area contributed by atoms with Gasteiger partial charge in [0, 0.05) is 24.5 Å². The highest BCUT2D eigenvalue weighted by Crippen LogP contribution is 2.31. The molecule has 27 heavy (non-hydrogen) atoms. The van der Waals surface area contributed by atoms with Gasteiger partial charge in [0.1, 0.15) is 0 Å². The van der Waals surface area contributed by atoms with E-state index in [1.54, 1.807) is 26.0 Å². The van der Waals surface area contributed by atoms with Gasteiger partial charge in [0.05, 0.1) is 23.6 Å². The molecule has 1 saturated heterocycles. The minimum absolute atomic E-state index is 0.0988. The Balaban J connectivity index is 1.86. The molecule has 2 atom stereocenters. The molecule has 1 heterocycles. The van der Waals surface area contributed by atoms with E-state index < -0.39 is 21.8 Å². The van der Waals surface area contributed by atoms with Gasteiger partial charge < -0.3 is 15.4 Å². The molecule has 0 spiro atoms. The van der Waals surface area contributed by atoms with Crippen LogP contribution in [0.15, 0.2) is 29.2 Å². The van der Waals surface area contributed by atoms with Gasteiger partial charge in [-0.15, -0.1) is 0 Å². The zero-order valence-electron chi connectivity index (χ0n) is 15.0. The lowest BCUT2D eigenvalue weighted by Gasteiger charge is -2.34. The van der Waals surface area contributed by atoms with E-state index in [-0.39, 0.29) is 48.2 Å². The van der Waals surface area contributed by atoms with Gasteiger partial charge in [-0.2, -0.15) is 13.1 Å². The lowest BCUT2D eigenvalue weighted by Crippen LogP contribution is -2.49. The van der Waals surface area contributed by atoms with E-state index in [0.29, 0.717) is 11.8 Å². The molecule has 1 aliphatic rings. The summed E-state index contributed by atoms with van der Waals surface area (Å²) in [6, 6.07) is 5.51. The standard InChI is InChI=1S/C16H23F2N3O4S2/c1-11-9-21(10-12(2)25-11)27(23,24)8-7-19-16(22)20-13-5-3-4-6-14(13)26-15(17)18/h3-6,11-12,15H,7-10H2,1-2H3,(H2,19,20,22). The first kappa shape index (κ1) is 21.9. The monoisotopic (exact) mass is 423 g/mol. The molecule has 152 valence electrons. The zero-order chi connectivity index (χ0) is 20.0. The smallest absolute Gasteiger partial charge is 0.319 e. The minimum Gasteiger partial charge on any atom is -0.373 e. The number of ether oxygens (including phenoxy) is 1. The van der Waals surface area contributed by atoms with Crippen LogP contribution in [0.2, 0.25) is 0 Å². The second kappa shape index (κ2) is 9.67. The Bertz CT molecular complexity index is 739. The second-order valence-electron chi connectivity index (χ2n) is 6.15.